The van der Waals surface area contributed by atoms with Crippen molar-refractivity contribution in [3.8, 4) is 0 Å². The zero-order valence-corrected chi connectivity index (χ0v) is 13.7. The quantitative estimate of drug-likeness (QED) is 0.725. The highest BCUT2D eigenvalue weighted by atomic mass is 16.2. The monoisotopic (exact) mass is 311 g/mol. The van der Waals surface area contributed by atoms with Gasteiger partial charge in [-0.1, -0.05) is 12.1 Å². The van der Waals surface area contributed by atoms with Crippen LogP contribution in [0, 0.1) is 6.92 Å². The van der Waals surface area contributed by atoms with Crippen molar-refractivity contribution >= 4 is 16.9 Å². The summed E-state index contributed by atoms with van der Waals surface area (Å²) in [6, 6.07) is 7.99. The highest BCUT2D eigenvalue weighted by Crippen LogP contribution is 2.15. The van der Waals surface area contributed by atoms with E-state index in [0.29, 0.717) is 19.5 Å². The molecule has 3 aromatic rings. The Hall–Kier alpha value is -2.63. The van der Waals surface area contributed by atoms with Crippen LogP contribution in [0.2, 0.25) is 0 Å². The van der Waals surface area contributed by atoms with Gasteiger partial charge in [0.1, 0.15) is 5.82 Å². The van der Waals surface area contributed by atoms with E-state index in [9.17, 15) is 4.79 Å². The second-order valence-electron chi connectivity index (χ2n) is 5.86. The van der Waals surface area contributed by atoms with E-state index in [-0.39, 0.29) is 5.91 Å². The lowest BCUT2D eigenvalue weighted by Crippen LogP contribution is -2.28. The van der Waals surface area contributed by atoms with Gasteiger partial charge in [-0.15, -0.1) is 0 Å². The van der Waals surface area contributed by atoms with Crippen molar-refractivity contribution in [1.29, 1.82) is 0 Å². The number of aryl methyl sites for hydroxylation is 3. The van der Waals surface area contributed by atoms with E-state index < -0.39 is 0 Å². The molecule has 0 aliphatic heterocycles. The van der Waals surface area contributed by atoms with Crippen molar-refractivity contribution in [2.24, 2.45) is 7.05 Å². The molecule has 2 aromatic heterocycles. The number of nitrogens with zero attached hydrogens (tertiary/aromatic N) is 5. The summed E-state index contributed by atoms with van der Waals surface area (Å²) in [5, 5.41) is 4.20. The van der Waals surface area contributed by atoms with Crippen LogP contribution in [-0.4, -0.2) is 37.2 Å². The molecule has 1 aromatic carbocycles. The van der Waals surface area contributed by atoms with E-state index >= 15 is 0 Å². The van der Waals surface area contributed by atoms with Gasteiger partial charge in [-0.3, -0.25) is 9.48 Å². The van der Waals surface area contributed by atoms with E-state index in [0.717, 1.165) is 22.4 Å². The lowest BCUT2D eigenvalue weighted by atomic mass is 10.3. The Labute approximate surface area is 135 Å². The van der Waals surface area contributed by atoms with Crippen LogP contribution in [0.15, 0.2) is 36.7 Å². The Morgan fingerprint density at radius 2 is 2.09 bits per heavy atom. The van der Waals surface area contributed by atoms with Crippen LogP contribution in [0.25, 0.3) is 11.0 Å². The smallest absolute Gasteiger partial charge is 0.224 e. The summed E-state index contributed by atoms with van der Waals surface area (Å²) in [4.78, 5) is 18.6. The molecule has 0 aliphatic carbocycles. The van der Waals surface area contributed by atoms with Gasteiger partial charge >= 0.3 is 0 Å². The fraction of sp³-hybridized carbons (Fsp3) is 0.353. The first-order chi connectivity index (χ1) is 11.0. The second kappa shape index (κ2) is 6.24. The summed E-state index contributed by atoms with van der Waals surface area (Å²) in [6.07, 6.45) is 4.17. The molecule has 3 rings (SSSR count). The predicted octanol–water partition coefficient (Wildman–Crippen LogP) is 2.13. The minimum absolute atomic E-state index is 0.0882. The van der Waals surface area contributed by atoms with Crippen molar-refractivity contribution in [2.45, 2.75) is 26.4 Å². The zero-order valence-electron chi connectivity index (χ0n) is 13.7. The maximum Gasteiger partial charge on any atom is 0.224 e. The van der Waals surface area contributed by atoms with Crippen LogP contribution in [0.4, 0.5) is 0 Å². The summed E-state index contributed by atoms with van der Waals surface area (Å²) in [7, 11) is 3.80. The average Bonchev–Trinajstić information content (AvgIpc) is 3.09. The lowest BCUT2D eigenvalue weighted by Gasteiger charge is -2.17. The maximum atomic E-state index is 12.3. The van der Waals surface area contributed by atoms with Crippen LogP contribution in [0.3, 0.4) is 0 Å². The number of hydrogen-bond donors (Lipinski definition) is 0. The zero-order chi connectivity index (χ0) is 16.4. The topological polar surface area (TPSA) is 56.0 Å². The molecular weight excluding hydrogens is 290 g/mol. The Morgan fingerprint density at radius 1 is 1.30 bits per heavy atom. The molecule has 0 N–H and O–H groups in total. The number of imidazole rings is 1. The third-order valence-corrected chi connectivity index (χ3v) is 4.00. The first-order valence-electron chi connectivity index (χ1n) is 7.68. The number of carbonyl (C=O) groups excluding carboxylic acids is 1. The number of hydrogen-bond acceptors (Lipinski definition) is 3. The third-order valence-electron chi connectivity index (χ3n) is 4.00. The molecule has 120 valence electrons. The highest BCUT2D eigenvalue weighted by Gasteiger charge is 2.14. The van der Waals surface area contributed by atoms with Crippen molar-refractivity contribution in [3.05, 3.63) is 48.0 Å². The number of amides is 1. The number of para-hydroxylation sites is 2. The van der Waals surface area contributed by atoms with E-state index in [1.54, 1.807) is 15.8 Å². The lowest BCUT2D eigenvalue weighted by molar-refractivity contribution is -0.130. The van der Waals surface area contributed by atoms with Gasteiger partial charge in [-0.25, -0.2) is 4.98 Å². The number of rotatable bonds is 5. The van der Waals surface area contributed by atoms with Gasteiger partial charge in [0.05, 0.1) is 23.8 Å². The molecule has 0 fully saturated rings. The third kappa shape index (κ3) is 3.26. The molecule has 2 heterocycles. The van der Waals surface area contributed by atoms with Gasteiger partial charge in [-0.05, 0) is 24.6 Å². The van der Waals surface area contributed by atoms with Gasteiger partial charge in [0.15, 0.2) is 0 Å². The summed E-state index contributed by atoms with van der Waals surface area (Å²) in [6.45, 7) is 3.09. The van der Waals surface area contributed by atoms with Crippen LogP contribution in [-0.2, 0) is 24.9 Å². The molecule has 0 bridgehead atoms. The van der Waals surface area contributed by atoms with Gasteiger partial charge in [0.25, 0.3) is 0 Å². The predicted molar refractivity (Wildman–Crippen MR) is 88.8 cm³/mol. The van der Waals surface area contributed by atoms with Crippen LogP contribution >= 0.6 is 0 Å². The van der Waals surface area contributed by atoms with Gasteiger partial charge in [0.2, 0.25) is 5.91 Å². The largest absolute Gasteiger partial charge is 0.338 e. The first kappa shape index (κ1) is 15.3. The molecule has 0 aliphatic rings. The molecule has 0 saturated heterocycles. The minimum Gasteiger partial charge on any atom is -0.338 e. The van der Waals surface area contributed by atoms with E-state index in [1.165, 1.54) is 0 Å². The summed E-state index contributed by atoms with van der Waals surface area (Å²) < 4.78 is 3.84. The van der Waals surface area contributed by atoms with Crippen molar-refractivity contribution in [1.82, 2.24) is 24.2 Å². The SMILES string of the molecule is Cc1cnn(CCC(=O)N(C)Cc2nc3ccccc3n2C)c1. The molecule has 6 heteroatoms. The fourth-order valence-corrected chi connectivity index (χ4v) is 2.63. The highest BCUT2D eigenvalue weighted by molar-refractivity contribution is 5.77. The molecule has 0 unspecified atom stereocenters. The summed E-state index contributed by atoms with van der Waals surface area (Å²) >= 11 is 0. The number of aromatic nitrogens is 4. The summed E-state index contributed by atoms with van der Waals surface area (Å²) in [5.41, 5.74) is 3.14. The van der Waals surface area contributed by atoms with Crippen LogP contribution in [0.1, 0.15) is 17.8 Å². The molecule has 23 heavy (non-hydrogen) atoms. The van der Waals surface area contributed by atoms with Crippen LogP contribution in [0.5, 0.6) is 0 Å². The maximum absolute atomic E-state index is 12.3. The Balaban J connectivity index is 1.64. The molecular formula is C17H21N5O. The molecule has 0 spiro atoms. The molecule has 6 nitrogen and oxygen atoms in total. The van der Waals surface area contributed by atoms with Gasteiger partial charge < -0.3 is 9.47 Å². The molecule has 0 atom stereocenters. The molecule has 0 radical (unpaired) electrons. The number of fused-ring (bicyclic) bond motifs is 1. The Morgan fingerprint density at radius 3 is 2.78 bits per heavy atom. The normalized spacial score (nSPS) is 11.1. The van der Waals surface area contributed by atoms with Crippen molar-refractivity contribution in [3.63, 3.8) is 0 Å². The average molecular weight is 311 g/mol. The molecule has 1 amide bonds. The van der Waals surface area contributed by atoms with E-state index in [2.05, 4.69) is 10.1 Å². The molecule has 0 saturated carbocycles. The fourth-order valence-electron chi connectivity index (χ4n) is 2.63. The Bertz CT molecular complexity index is 832. The minimum atomic E-state index is 0.0882. The van der Waals surface area contributed by atoms with E-state index in [4.69, 9.17) is 0 Å². The van der Waals surface area contributed by atoms with Gasteiger partial charge in [0, 0.05) is 33.3 Å². The first-order valence-corrected chi connectivity index (χ1v) is 7.68. The number of benzene rings is 1. The second-order valence-corrected chi connectivity index (χ2v) is 5.86. The van der Waals surface area contributed by atoms with Gasteiger partial charge in [-0.2, -0.15) is 5.10 Å². The van der Waals surface area contributed by atoms with Crippen LogP contribution < -0.4 is 0 Å². The van der Waals surface area contributed by atoms with E-state index in [1.807, 2.05) is 56.0 Å². The Kier molecular flexibility index (Phi) is 4.14. The summed E-state index contributed by atoms with van der Waals surface area (Å²) in [5.74, 6) is 0.974. The van der Waals surface area contributed by atoms with Crippen molar-refractivity contribution in [2.75, 3.05) is 7.05 Å². The number of carbonyl (C=O) groups is 1. The van der Waals surface area contributed by atoms with Crippen molar-refractivity contribution < 1.29 is 4.79 Å². The standard InChI is InChI=1S/C17H21N5O/c1-13-10-18-22(11-13)9-8-17(23)20(2)12-16-19-14-6-4-5-7-15(14)21(16)3/h4-7,10-11H,8-9,12H2,1-3H3.